The van der Waals surface area contributed by atoms with Gasteiger partial charge in [0.25, 0.3) is 0 Å². The summed E-state index contributed by atoms with van der Waals surface area (Å²) in [5.74, 6) is 0. The predicted molar refractivity (Wildman–Crippen MR) is 82.3 cm³/mol. The van der Waals surface area contributed by atoms with Crippen molar-refractivity contribution in [2.45, 2.75) is 0 Å². The van der Waals surface area contributed by atoms with Crippen LogP contribution in [0.3, 0.4) is 0 Å². The molecule has 1 aliphatic carbocycles. The summed E-state index contributed by atoms with van der Waals surface area (Å²) in [7, 11) is 0. The minimum atomic E-state index is 0.840. The van der Waals surface area contributed by atoms with Crippen molar-refractivity contribution in [2.75, 3.05) is 0 Å². The van der Waals surface area contributed by atoms with E-state index in [1.165, 1.54) is 5.56 Å². The van der Waals surface area contributed by atoms with Crippen LogP contribution in [0.15, 0.2) is 71.4 Å². The Labute approximate surface area is 121 Å². The van der Waals surface area contributed by atoms with E-state index in [1.54, 1.807) is 0 Å². The summed E-state index contributed by atoms with van der Waals surface area (Å²) in [6.45, 7) is 0. The summed E-state index contributed by atoms with van der Waals surface area (Å²) < 4.78 is 0.840. The fourth-order valence-corrected chi connectivity index (χ4v) is 2.43. The fourth-order valence-electron chi connectivity index (χ4n) is 1.99. The van der Waals surface area contributed by atoms with Gasteiger partial charge in [-0.2, -0.15) is 0 Å². The summed E-state index contributed by atoms with van der Waals surface area (Å²) in [5, 5.41) is 0. The molecule has 0 amide bonds. The lowest BCUT2D eigenvalue weighted by Crippen LogP contribution is -1.91. The van der Waals surface area contributed by atoms with E-state index >= 15 is 0 Å². The van der Waals surface area contributed by atoms with Gasteiger partial charge < -0.3 is 0 Å². The Hall–Kier alpha value is -2.02. The molecule has 0 saturated carbocycles. The summed E-state index contributed by atoms with van der Waals surface area (Å²) in [4.78, 5) is 4.53. The molecule has 2 heteroatoms. The van der Waals surface area contributed by atoms with Gasteiger partial charge >= 0.3 is 0 Å². The van der Waals surface area contributed by atoms with Crippen LogP contribution in [0, 0.1) is 6.08 Å². The van der Waals surface area contributed by atoms with E-state index in [0.29, 0.717) is 0 Å². The smallest absolute Gasteiger partial charge is 0.129 e. The van der Waals surface area contributed by atoms with E-state index < -0.39 is 0 Å². The standard InChI is InChI=1S/C17H11BrN/c18-17-12-15(13-7-3-1-4-8-13)11-16(19-17)14-9-5-2-6-10-14/h1-5,7-12H/q+1. The monoisotopic (exact) mass is 308 g/mol. The van der Waals surface area contributed by atoms with Gasteiger partial charge in [-0.25, -0.2) is 4.98 Å². The van der Waals surface area contributed by atoms with Gasteiger partial charge in [-0.3, -0.25) is 0 Å². The molecule has 0 atom stereocenters. The van der Waals surface area contributed by atoms with Crippen molar-refractivity contribution in [1.29, 1.82) is 0 Å². The van der Waals surface area contributed by atoms with Gasteiger partial charge in [0.2, 0.25) is 0 Å². The van der Waals surface area contributed by atoms with Gasteiger partial charge in [-0.1, -0.05) is 30.3 Å². The Morgan fingerprint density at radius 3 is 2.58 bits per heavy atom. The third-order valence-corrected chi connectivity index (χ3v) is 3.31. The highest BCUT2D eigenvalue weighted by molar-refractivity contribution is 9.10. The van der Waals surface area contributed by atoms with Gasteiger partial charge in [-0.15, -0.1) is 0 Å². The number of hydrogen-bond donors (Lipinski definition) is 0. The van der Waals surface area contributed by atoms with Crippen LogP contribution in [0.2, 0.25) is 0 Å². The number of allylic oxidation sites excluding steroid dienone is 6. The fraction of sp³-hybridized carbons (Fsp3) is 0. The van der Waals surface area contributed by atoms with E-state index in [9.17, 15) is 0 Å². The maximum atomic E-state index is 4.53. The molecule has 0 aliphatic heterocycles. The first-order valence-electron chi connectivity index (χ1n) is 6.02. The quantitative estimate of drug-likeness (QED) is 0.572. The first-order valence-corrected chi connectivity index (χ1v) is 6.82. The van der Waals surface area contributed by atoms with Crippen LogP contribution in [0.25, 0.3) is 16.7 Å². The molecule has 3 rings (SSSR count). The molecular formula is C17H11BrN+. The average molecular weight is 309 g/mol. The van der Waals surface area contributed by atoms with Crippen molar-refractivity contribution in [3.63, 3.8) is 0 Å². The Kier molecular flexibility index (Phi) is 3.37. The van der Waals surface area contributed by atoms with Crippen LogP contribution in [-0.4, -0.2) is 4.98 Å². The lowest BCUT2D eigenvalue weighted by atomic mass is 10.0. The first kappa shape index (κ1) is 12.0. The molecule has 0 saturated heterocycles. The average Bonchev–Trinajstić information content (AvgIpc) is 2.48. The minimum Gasteiger partial charge on any atom is -0.226 e. The number of benzene rings is 1. The molecule has 90 valence electrons. The van der Waals surface area contributed by atoms with Crippen LogP contribution in [0.5, 0.6) is 0 Å². The van der Waals surface area contributed by atoms with Gasteiger partial charge in [0.1, 0.15) is 28.0 Å². The molecule has 1 aromatic carbocycles. The molecule has 1 nitrogen and oxygen atoms in total. The molecular weight excluding hydrogens is 298 g/mol. The van der Waals surface area contributed by atoms with Crippen LogP contribution < -0.4 is 0 Å². The summed E-state index contributed by atoms with van der Waals surface area (Å²) in [6, 6.07) is 14.4. The third-order valence-electron chi connectivity index (χ3n) is 2.90. The second kappa shape index (κ2) is 5.31. The Morgan fingerprint density at radius 1 is 1.00 bits per heavy atom. The maximum absolute atomic E-state index is 4.53. The van der Waals surface area contributed by atoms with Crippen molar-refractivity contribution in [2.24, 2.45) is 0 Å². The van der Waals surface area contributed by atoms with Crippen molar-refractivity contribution in [1.82, 2.24) is 4.98 Å². The van der Waals surface area contributed by atoms with Crippen molar-refractivity contribution in [3.8, 4) is 11.1 Å². The number of halogens is 1. The van der Waals surface area contributed by atoms with Crippen molar-refractivity contribution in [3.05, 3.63) is 83.1 Å². The van der Waals surface area contributed by atoms with Crippen LogP contribution in [-0.2, 0) is 0 Å². The summed E-state index contributed by atoms with van der Waals surface area (Å²) in [5.41, 5.74) is 4.36. The predicted octanol–water partition coefficient (Wildman–Crippen LogP) is 4.82. The normalized spacial score (nSPS) is 13.0. The van der Waals surface area contributed by atoms with Gasteiger partial charge in [-0.05, 0) is 39.2 Å². The highest BCUT2D eigenvalue weighted by Gasteiger charge is 2.11. The Bertz CT molecular complexity index is 682. The number of hydrogen-bond acceptors (Lipinski definition) is 1. The van der Waals surface area contributed by atoms with Gasteiger partial charge in [0.15, 0.2) is 0 Å². The van der Waals surface area contributed by atoms with Gasteiger partial charge in [0.05, 0.1) is 6.08 Å². The minimum absolute atomic E-state index is 0.840. The van der Waals surface area contributed by atoms with Crippen molar-refractivity contribution >= 4 is 21.5 Å². The second-order valence-electron chi connectivity index (χ2n) is 4.22. The zero-order valence-corrected chi connectivity index (χ0v) is 11.8. The highest BCUT2D eigenvalue weighted by atomic mass is 79.9. The molecule has 0 bridgehead atoms. The van der Waals surface area contributed by atoms with E-state index in [4.69, 9.17) is 0 Å². The largest absolute Gasteiger partial charge is 0.226 e. The van der Waals surface area contributed by atoms with Crippen LogP contribution in [0.4, 0.5) is 0 Å². The molecule has 1 aromatic heterocycles. The number of aromatic nitrogens is 1. The first-order chi connectivity index (χ1) is 9.33. The molecule has 19 heavy (non-hydrogen) atoms. The SMILES string of the molecule is Brc1cc(-c2ccccc2)cc(C2=CC=C[C+]=C2)n1. The molecule has 0 radical (unpaired) electrons. The number of nitrogens with zero attached hydrogens (tertiary/aromatic N) is 1. The molecule has 2 aromatic rings. The molecule has 1 aliphatic rings. The lowest BCUT2D eigenvalue weighted by molar-refractivity contribution is 1.23. The van der Waals surface area contributed by atoms with E-state index in [2.05, 4.69) is 45.2 Å². The van der Waals surface area contributed by atoms with Crippen LogP contribution >= 0.6 is 15.9 Å². The zero-order chi connectivity index (χ0) is 13.1. The van der Waals surface area contributed by atoms with E-state index in [1.807, 2.05) is 48.6 Å². The molecule has 0 spiro atoms. The Morgan fingerprint density at radius 2 is 1.84 bits per heavy atom. The second-order valence-corrected chi connectivity index (χ2v) is 5.03. The highest BCUT2D eigenvalue weighted by Crippen LogP contribution is 2.26. The summed E-state index contributed by atoms with van der Waals surface area (Å²) in [6.07, 6.45) is 10.9. The zero-order valence-electron chi connectivity index (χ0n) is 10.2. The van der Waals surface area contributed by atoms with E-state index in [-0.39, 0.29) is 0 Å². The molecule has 1 heterocycles. The molecule has 0 N–H and O–H groups in total. The maximum Gasteiger partial charge on any atom is 0.129 e. The van der Waals surface area contributed by atoms with Crippen LogP contribution in [0.1, 0.15) is 5.69 Å². The number of rotatable bonds is 2. The molecule has 0 fully saturated rings. The summed E-state index contributed by atoms with van der Waals surface area (Å²) >= 11 is 3.49. The number of pyridine rings is 1. The van der Waals surface area contributed by atoms with Gasteiger partial charge in [0, 0.05) is 12.2 Å². The lowest BCUT2D eigenvalue weighted by Gasteiger charge is -2.05. The molecule has 0 unspecified atom stereocenters. The third kappa shape index (κ3) is 2.70. The Balaban J connectivity index is 2.09. The topological polar surface area (TPSA) is 12.9 Å². The van der Waals surface area contributed by atoms with E-state index in [0.717, 1.165) is 21.4 Å². The van der Waals surface area contributed by atoms with Crippen molar-refractivity contribution < 1.29 is 0 Å².